The molecule has 1 heterocycles. The van der Waals surface area contributed by atoms with Crippen LogP contribution in [0.3, 0.4) is 0 Å². The molecule has 0 bridgehead atoms. The van der Waals surface area contributed by atoms with E-state index in [1.54, 1.807) is 0 Å². The van der Waals surface area contributed by atoms with Crippen molar-refractivity contribution in [3.05, 3.63) is 54.1 Å². The minimum Gasteiger partial charge on any atom is -0.337 e. The highest BCUT2D eigenvalue weighted by atomic mass is 15.1. The lowest BCUT2D eigenvalue weighted by Gasteiger charge is -2.04. The number of nitrogens with zero attached hydrogens (tertiary/aromatic N) is 2. The van der Waals surface area contributed by atoms with Crippen LogP contribution < -0.4 is 5.32 Å². The van der Waals surface area contributed by atoms with Gasteiger partial charge >= 0.3 is 0 Å². The van der Waals surface area contributed by atoms with Crippen LogP contribution in [0.2, 0.25) is 0 Å². The molecule has 1 aromatic carbocycles. The third kappa shape index (κ3) is 2.24. The summed E-state index contributed by atoms with van der Waals surface area (Å²) in [7, 11) is 2.03. The lowest BCUT2D eigenvalue weighted by molar-refractivity contribution is 0.625. The molecule has 0 radical (unpaired) electrons. The van der Waals surface area contributed by atoms with Crippen molar-refractivity contribution in [2.75, 3.05) is 0 Å². The fraction of sp³-hybridized carbons (Fsp3) is 0.357. The molecule has 3 heteroatoms. The van der Waals surface area contributed by atoms with Crippen LogP contribution >= 0.6 is 0 Å². The molecule has 0 amide bonds. The monoisotopic (exact) mass is 227 g/mol. The highest BCUT2D eigenvalue weighted by Gasteiger charge is 2.37. The summed E-state index contributed by atoms with van der Waals surface area (Å²) in [6.45, 7) is 0.859. The fourth-order valence-corrected chi connectivity index (χ4v) is 2.28. The largest absolute Gasteiger partial charge is 0.337 e. The second-order valence-electron chi connectivity index (χ2n) is 4.69. The van der Waals surface area contributed by atoms with E-state index in [1.807, 2.05) is 19.4 Å². The third-order valence-electron chi connectivity index (χ3n) is 3.46. The van der Waals surface area contributed by atoms with Crippen LogP contribution in [-0.2, 0) is 13.6 Å². The van der Waals surface area contributed by atoms with Gasteiger partial charge in [-0.25, -0.2) is 4.98 Å². The SMILES string of the molecule is Cn1ccnc1CNC1CC1c1ccccc1. The van der Waals surface area contributed by atoms with Gasteiger partial charge in [0, 0.05) is 31.4 Å². The Bertz CT molecular complexity index is 489. The summed E-state index contributed by atoms with van der Waals surface area (Å²) in [5.74, 6) is 1.79. The van der Waals surface area contributed by atoms with Gasteiger partial charge in [-0.1, -0.05) is 30.3 Å². The predicted octanol–water partition coefficient (Wildman–Crippen LogP) is 2.07. The first-order chi connectivity index (χ1) is 8.34. The zero-order valence-electron chi connectivity index (χ0n) is 10.0. The summed E-state index contributed by atoms with van der Waals surface area (Å²) in [6.07, 6.45) is 5.08. The molecule has 1 fully saturated rings. The summed E-state index contributed by atoms with van der Waals surface area (Å²) < 4.78 is 2.06. The number of hydrogen-bond donors (Lipinski definition) is 1. The van der Waals surface area contributed by atoms with Gasteiger partial charge in [0.1, 0.15) is 5.82 Å². The molecule has 0 spiro atoms. The molecule has 2 aromatic rings. The molecule has 88 valence electrons. The van der Waals surface area contributed by atoms with E-state index in [9.17, 15) is 0 Å². The molecule has 17 heavy (non-hydrogen) atoms. The van der Waals surface area contributed by atoms with Crippen LogP contribution in [0, 0.1) is 0 Å². The third-order valence-corrected chi connectivity index (χ3v) is 3.46. The van der Waals surface area contributed by atoms with Crippen LogP contribution in [0.4, 0.5) is 0 Å². The van der Waals surface area contributed by atoms with Gasteiger partial charge in [0.25, 0.3) is 0 Å². The van der Waals surface area contributed by atoms with E-state index >= 15 is 0 Å². The molecule has 3 rings (SSSR count). The van der Waals surface area contributed by atoms with E-state index in [2.05, 4.69) is 45.2 Å². The average molecular weight is 227 g/mol. The Morgan fingerprint density at radius 2 is 2.18 bits per heavy atom. The standard InChI is InChI=1S/C14H17N3/c1-17-8-7-15-14(17)10-16-13-9-12(13)11-5-3-2-4-6-11/h2-8,12-13,16H,9-10H2,1H3. The van der Waals surface area contributed by atoms with E-state index in [4.69, 9.17) is 0 Å². The van der Waals surface area contributed by atoms with Gasteiger partial charge in [-0.15, -0.1) is 0 Å². The maximum atomic E-state index is 4.31. The van der Waals surface area contributed by atoms with Crippen LogP contribution in [0.1, 0.15) is 23.7 Å². The molecule has 1 saturated carbocycles. The van der Waals surface area contributed by atoms with Gasteiger partial charge in [-0.05, 0) is 12.0 Å². The average Bonchev–Trinajstić information content (AvgIpc) is 3.04. The summed E-state index contributed by atoms with van der Waals surface area (Å²) >= 11 is 0. The first-order valence-corrected chi connectivity index (χ1v) is 6.09. The molecule has 0 aliphatic heterocycles. The molecule has 1 aliphatic carbocycles. The van der Waals surface area contributed by atoms with Gasteiger partial charge in [0.15, 0.2) is 0 Å². The van der Waals surface area contributed by atoms with Gasteiger partial charge in [0.2, 0.25) is 0 Å². The first kappa shape index (κ1) is 10.5. The molecular weight excluding hydrogens is 210 g/mol. The number of imidazole rings is 1. The Morgan fingerprint density at radius 3 is 2.88 bits per heavy atom. The maximum absolute atomic E-state index is 4.31. The van der Waals surface area contributed by atoms with E-state index in [1.165, 1.54) is 12.0 Å². The number of nitrogens with one attached hydrogen (secondary N) is 1. The topological polar surface area (TPSA) is 29.9 Å². The van der Waals surface area contributed by atoms with Crippen LogP contribution in [0.5, 0.6) is 0 Å². The van der Waals surface area contributed by atoms with Crippen molar-refractivity contribution >= 4 is 0 Å². The molecule has 2 atom stereocenters. The quantitative estimate of drug-likeness (QED) is 0.866. The smallest absolute Gasteiger partial charge is 0.122 e. The van der Waals surface area contributed by atoms with E-state index in [-0.39, 0.29) is 0 Å². The van der Waals surface area contributed by atoms with Crippen LogP contribution in [-0.4, -0.2) is 15.6 Å². The van der Waals surface area contributed by atoms with Gasteiger partial charge in [-0.2, -0.15) is 0 Å². The molecule has 3 nitrogen and oxygen atoms in total. The van der Waals surface area contributed by atoms with Crippen molar-refractivity contribution in [1.29, 1.82) is 0 Å². The number of rotatable bonds is 4. The zero-order valence-corrected chi connectivity index (χ0v) is 10.0. The van der Waals surface area contributed by atoms with Crippen molar-refractivity contribution < 1.29 is 0 Å². The number of hydrogen-bond acceptors (Lipinski definition) is 2. The van der Waals surface area contributed by atoms with E-state index in [0.717, 1.165) is 12.4 Å². The molecule has 0 saturated heterocycles. The molecule has 1 aliphatic rings. The molecular formula is C14H17N3. The maximum Gasteiger partial charge on any atom is 0.122 e. The van der Waals surface area contributed by atoms with Crippen molar-refractivity contribution in [2.24, 2.45) is 7.05 Å². The minimum absolute atomic E-state index is 0.620. The summed E-state index contributed by atoms with van der Waals surface area (Å²) in [5.41, 5.74) is 1.45. The summed E-state index contributed by atoms with van der Waals surface area (Å²) in [5, 5.41) is 3.57. The highest BCUT2D eigenvalue weighted by Crippen LogP contribution is 2.40. The Hall–Kier alpha value is -1.61. The lowest BCUT2D eigenvalue weighted by atomic mass is 10.1. The molecule has 1 aromatic heterocycles. The van der Waals surface area contributed by atoms with Crippen molar-refractivity contribution in [2.45, 2.75) is 24.9 Å². The Kier molecular flexibility index (Phi) is 2.69. The lowest BCUT2D eigenvalue weighted by Crippen LogP contribution is -2.19. The summed E-state index contributed by atoms with van der Waals surface area (Å²) in [6, 6.07) is 11.4. The second-order valence-corrected chi connectivity index (χ2v) is 4.69. The predicted molar refractivity (Wildman–Crippen MR) is 67.6 cm³/mol. The van der Waals surface area contributed by atoms with Gasteiger partial charge in [-0.3, -0.25) is 0 Å². The van der Waals surface area contributed by atoms with Crippen molar-refractivity contribution in [3.63, 3.8) is 0 Å². The zero-order chi connectivity index (χ0) is 11.7. The van der Waals surface area contributed by atoms with Crippen molar-refractivity contribution in [1.82, 2.24) is 14.9 Å². The normalized spacial score (nSPS) is 22.6. The second kappa shape index (κ2) is 4.34. The number of benzene rings is 1. The molecule has 1 N–H and O–H groups in total. The van der Waals surface area contributed by atoms with E-state index < -0.39 is 0 Å². The minimum atomic E-state index is 0.620. The summed E-state index contributed by atoms with van der Waals surface area (Å²) in [4.78, 5) is 4.31. The van der Waals surface area contributed by atoms with Crippen molar-refractivity contribution in [3.8, 4) is 0 Å². The first-order valence-electron chi connectivity index (χ1n) is 6.09. The Morgan fingerprint density at radius 1 is 1.35 bits per heavy atom. The Labute approximate surface area is 101 Å². The van der Waals surface area contributed by atoms with E-state index in [0.29, 0.717) is 12.0 Å². The number of aryl methyl sites for hydroxylation is 1. The number of aromatic nitrogens is 2. The highest BCUT2D eigenvalue weighted by molar-refractivity contribution is 5.27. The Balaban J connectivity index is 1.55. The van der Waals surface area contributed by atoms with Crippen LogP contribution in [0.15, 0.2) is 42.7 Å². The van der Waals surface area contributed by atoms with Gasteiger partial charge < -0.3 is 9.88 Å². The van der Waals surface area contributed by atoms with Crippen LogP contribution in [0.25, 0.3) is 0 Å². The fourth-order valence-electron chi connectivity index (χ4n) is 2.28. The molecule has 2 unspecified atom stereocenters. The van der Waals surface area contributed by atoms with Gasteiger partial charge in [0.05, 0.1) is 6.54 Å².